The first-order valence-electron chi connectivity index (χ1n) is 10.7. The lowest BCUT2D eigenvalue weighted by Gasteiger charge is -2.61. The van der Waals surface area contributed by atoms with E-state index in [2.05, 4.69) is 32.6 Å². The Morgan fingerprint density at radius 2 is 2.03 bits per heavy atom. The van der Waals surface area contributed by atoms with E-state index in [0.29, 0.717) is 36.6 Å². The number of alkyl halides is 3. The zero-order chi connectivity index (χ0) is 24.3. The summed E-state index contributed by atoms with van der Waals surface area (Å²) in [6, 6.07) is 3.26. The number of rotatable bonds is 3. The first-order chi connectivity index (χ1) is 16.1. The Balaban J connectivity index is 1.50. The highest BCUT2D eigenvalue weighted by molar-refractivity contribution is 5.92. The Kier molecular flexibility index (Phi) is 5.06. The summed E-state index contributed by atoms with van der Waals surface area (Å²) >= 11 is 0. The maximum Gasteiger partial charge on any atom is 0.417 e. The number of piperidine rings is 1. The van der Waals surface area contributed by atoms with E-state index in [1.54, 1.807) is 11.8 Å². The normalized spacial score (nSPS) is 24.0. The van der Waals surface area contributed by atoms with Gasteiger partial charge in [-0.25, -0.2) is 9.18 Å². The molecule has 2 bridgehead atoms. The van der Waals surface area contributed by atoms with Gasteiger partial charge in [0.05, 0.1) is 16.9 Å². The number of halogens is 4. The van der Waals surface area contributed by atoms with Crippen molar-refractivity contribution in [3.63, 3.8) is 0 Å². The van der Waals surface area contributed by atoms with Crippen LogP contribution < -0.4 is 5.32 Å². The molecule has 3 atom stereocenters. The van der Waals surface area contributed by atoms with E-state index >= 15 is 0 Å². The Bertz CT molecular complexity index is 1250. The monoisotopic (exact) mass is 476 g/mol. The fourth-order valence-corrected chi connectivity index (χ4v) is 5.17. The minimum atomic E-state index is -4.83. The summed E-state index contributed by atoms with van der Waals surface area (Å²) in [6.07, 6.45) is -1.58. The quantitative estimate of drug-likeness (QED) is 0.539. The molecule has 8 nitrogen and oxygen atoms in total. The van der Waals surface area contributed by atoms with Gasteiger partial charge in [-0.05, 0) is 43.0 Å². The summed E-state index contributed by atoms with van der Waals surface area (Å²) in [6.45, 7) is 3.70. The van der Waals surface area contributed by atoms with Gasteiger partial charge in [0.15, 0.2) is 0 Å². The second-order valence-electron chi connectivity index (χ2n) is 8.85. The lowest BCUT2D eigenvalue weighted by Crippen LogP contribution is -2.70. The van der Waals surface area contributed by atoms with Crippen LogP contribution in [-0.2, 0) is 11.7 Å². The molecule has 3 aromatic rings. The number of fused-ring (bicyclic) bond motifs is 2. The molecule has 5 rings (SSSR count). The molecule has 1 saturated heterocycles. The number of carbonyl (C=O) groups excluding carboxylic acids is 1. The third-order valence-corrected chi connectivity index (χ3v) is 6.41. The zero-order valence-electron chi connectivity index (χ0n) is 18.2. The van der Waals surface area contributed by atoms with E-state index in [1.807, 2.05) is 0 Å². The number of likely N-dealkylation sites (tertiary alicyclic amines) is 1. The largest absolute Gasteiger partial charge is 0.423 e. The van der Waals surface area contributed by atoms with Crippen LogP contribution in [0.2, 0.25) is 0 Å². The van der Waals surface area contributed by atoms with Crippen LogP contribution in [0.4, 0.5) is 28.0 Å². The van der Waals surface area contributed by atoms with Gasteiger partial charge in [-0.1, -0.05) is 6.92 Å². The Labute approximate surface area is 191 Å². The third-order valence-electron chi connectivity index (χ3n) is 6.41. The maximum absolute atomic E-state index is 14.8. The Hall–Kier alpha value is -3.57. The van der Waals surface area contributed by atoms with Crippen LogP contribution in [-0.4, -0.2) is 37.4 Å². The fourth-order valence-electron chi connectivity index (χ4n) is 5.17. The Morgan fingerprint density at radius 3 is 2.68 bits per heavy atom. The predicted octanol–water partition coefficient (Wildman–Crippen LogP) is 4.92. The number of carbonyl (C=O) groups is 1. The molecule has 2 fully saturated rings. The molecule has 1 aliphatic carbocycles. The molecule has 1 saturated carbocycles. The molecule has 3 heterocycles. The van der Waals surface area contributed by atoms with Gasteiger partial charge in [0, 0.05) is 31.1 Å². The second kappa shape index (κ2) is 7.74. The number of anilines is 1. The molecule has 2 amide bonds. The number of aryl methyl sites for hydroxylation is 1. The first-order valence-corrected chi connectivity index (χ1v) is 10.7. The molecular weight excluding hydrogens is 456 g/mol. The minimum Gasteiger partial charge on any atom is -0.423 e. The van der Waals surface area contributed by atoms with E-state index in [-0.39, 0.29) is 11.7 Å². The number of hydrogen-bond donors (Lipinski definition) is 1. The number of benzene rings is 1. The highest BCUT2D eigenvalue weighted by atomic mass is 19.4. The molecule has 2 aromatic heterocycles. The summed E-state index contributed by atoms with van der Waals surface area (Å²) in [7, 11) is 0. The van der Waals surface area contributed by atoms with E-state index in [4.69, 9.17) is 4.42 Å². The number of hydrogen-bond acceptors (Lipinski definition) is 6. The number of nitrogens with one attached hydrogen (secondary N) is 1. The van der Waals surface area contributed by atoms with Gasteiger partial charge >= 0.3 is 12.2 Å². The van der Waals surface area contributed by atoms with Crippen molar-refractivity contribution < 1.29 is 26.8 Å². The summed E-state index contributed by atoms with van der Waals surface area (Å²) in [4.78, 5) is 14.8. The number of aromatic nitrogens is 4. The lowest BCUT2D eigenvalue weighted by atomic mass is 9.64. The predicted molar refractivity (Wildman–Crippen MR) is 111 cm³/mol. The van der Waals surface area contributed by atoms with Crippen LogP contribution in [0.25, 0.3) is 11.3 Å². The van der Waals surface area contributed by atoms with Crippen molar-refractivity contribution in [2.75, 3.05) is 5.32 Å². The van der Waals surface area contributed by atoms with Crippen molar-refractivity contribution in [1.29, 1.82) is 0 Å². The van der Waals surface area contributed by atoms with Crippen molar-refractivity contribution in [3.8, 4) is 11.3 Å². The summed E-state index contributed by atoms with van der Waals surface area (Å²) in [5.74, 6) is -0.263. The first kappa shape index (κ1) is 22.2. The van der Waals surface area contributed by atoms with E-state index in [0.717, 1.165) is 12.5 Å². The molecule has 178 valence electrons. The van der Waals surface area contributed by atoms with Crippen molar-refractivity contribution in [1.82, 2.24) is 25.3 Å². The maximum atomic E-state index is 14.8. The molecule has 1 aromatic carbocycles. The summed E-state index contributed by atoms with van der Waals surface area (Å²) in [5, 5.41) is 17.8. The van der Waals surface area contributed by atoms with Gasteiger partial charge < -0.3 is 14.6 Å². The van der Waals surface area contributed by atoms with E-state index in [9.17, 15) is 22.4 Å². The fraction of sp³-hybridized carbons (Fsp3) is 0.409. The van der Waals surface area contributed by atoms with Crippen molar-refractivity contribution in [2.45, 2.75) is 50.9 Å². The summed E-state index contributed by atoms with van der Waals surface area (Å²) < 4.78 is 61.2. The third kappa shape index (κ3) is 3.57. The van der Waals surface area contributed by atoms with Crippen molar-refractivity contribution in [3.05, 3.63) is 53.6 Å². The molecule has 0 spiro atoms. The van der Waals surface area contributed by atoms with E-state index in [1.165, 1.54) is 18.3 Å². The molecule has 34 heavy (non-hydrogen) atoms. The van der Waals surface area contributed by atoms with Gasteiger partial charge in [0.2, 0.25) is 11.8 Å². The molecule has 2 aliphatic rings. The molecular formula is C22H20F4N6O2. The topological polar surface area (TPSA) is 97.0 Å². The smallest absolute Gasteiger partial charge is 0.417 e. The van der Waals surface area contributed by atoms with Crippen LogP contribution in [0.15, 0.2) is 34.9 Å². The summed E-state index contributed by atoms with van der Waals surface area (Å²) in [5.41, 5.74) is -2.93. The Morgan fingerprint density at radius 1 is 1.24 bits per heavy atom. The number of urea groups is 1. The van der Waals surface area contributed by atoms with Crippen molar-refractivity contribution in [2.24, 2.45) is 5.92 Å². The van der Waals surface area contributed by atoms with Crippen LogP contribution >= 0.6 is 0 Å². The highest BCUT2D eigenvalue weighted by Gasteiger charge is 2.62. The van der Waals surface area contributed by atoms with Gasteiger partial charge in [-0.2, -0.15) is 23.4 Å². The van der Waals surface area contributed by atoms with Crippen LogP contribution in [0.5, 0.6) is 0 Å². The molecule has 1 aliphatic heterocycles. The zero-order valence-corrected chi connectivity index (χ0v) is 18.2. The molecule has 12 heteroatoms. The van der Waals surface area contributed by atoms with Crippen LogP contribution in [0.3, 0.4) is 0 Å². The van der Waals surface area contributed by atoms with Gasteiger partial charge in [-0.3, -0.25) is 0 Å². The molecule has 3 unspecified atom stereocenters. The average Bonchev–Trinajstić information content (AvgIpc) is 3.21. The second-order valence-corrected chi connectivity index (χ2v) is 8.85. The standard InChI is InChI=1S/C22H20F4N6O2/c1-11-6-13-10-21(9-11,19-31-29-12(2)34-19)32(13)20(33)28-18-7-14(17-4-3-5-27-30-17)15(8-16(18)23)22(24,25)26/h3-5,7-8,11,13H,6,9-10H2,1-2H3,(H,28,33). The SMILES string of the molecule is Cc1nnc(C23CC(C)CC(C2)N3C(=O)Nc2cc(-c3cccnn3)c(C(F)(F)F)cc2F)o1. The lowest BCUT2D eigenvalue weighted by molar-refractivity contribution is -0.137. The van der Waals surface area contributed by atoms with Gasteiger partial charge in [0.25, 0.3) is 0 Å². The van der Waals surface area contributed by atoms with Gasteiger partial charge in [-0.15, -0.1) is 10.2 Å². The van der Waals surface area contributed by atoms with E-state index < -0.39 is 40.4 Å². The highest BCUT2D eigenvalue weighted by Crippen LogP contribution is 2.55. The molecule has 1 N–H and O–H groups in total. The molecule has 0 radical (unpaired) electrons. The van der Waals surface area contributed by atoms with Gasteiger partial charge in [0.1, 0.15) is 11.4 Å². The number of nitrogens with zero attached hydrogens (tertiary/aromatic N) is 5. The van der Waals surface area contributed by atoms with Crippen LogP contribution in [0, 0.1) is 18.7 Å². The van der Waals surface area contributed by atoms with Crippen LogP contribution in [0.1, 0.15) is 43.5 Å². The minimum absolute atomic E-state index is 0.0993. The number of amides is 2. The average molecular weight is 476 g/mol. The van der Waals surface area contributed by atoms with Crippen molar-refractivity contribution >= 4 is 11.7 Å².